The van der Waals surface area contributed by atoms with Crippen LogP contribution in [0.2, 0.25) is 0 Å². The zero-order valence-electron chi connectivity index (χ0n) is 9.88. The lowest BCUT2D eigenvalue weighted by Crippen LogP contribution is -2.25. The number of hydrogen-bond acceptors (Lipinski definition) is 4. The van der Waals surface area contributed by atoms with Gasteiger partial charge < -0.3 is 4.74 Å². The molecule has 1 heterocycles. The van der Waals surface area contributed by atoms with Gasteiger partial charge in [-0.3, -0.25) is 4.98 Å². The van der Waals surface area contributed by atoms with E-state index < -0.39 is 5.54 Å². The Morgan fingerprint density at radius 3 is 2.82 bits per heavy atom. The summed E-state index contributed by atoms with van der Waals surface area (Å²) in [5, 5.41) is 3.97. The molecule has 0 atom stereocenters. The molecule has 0 aliphatic carbocycles. The highest BCUT2D eigenvalue weighted by Crippen LogP contribution is 2.24. The van der Waals surface area contributed by atoms with Gasteiger partial charge in [0.15, 0.2) is 0 Å². The summed E-state index contributed by atoms with van der Waals surface area (Å²) in [4.78, 5) is 14.8. The van der Waals surface area contributed by atoms with Crippen LogP contribution in [0, 0.1) is 4.91 Å². The van der Waals surface area contributed by atoms with Gasteiger partial charge in [-0.2, -0.15) is 4.91 Å². The zero-order chi connectivity index (χ0) is 12.3. The number of ether oxygens (including phenoxy) is 1. The van der Waals surface area contributed by atoms with Crippen LogP contribution in [-0.4, -0.2) is 17.1 Å². The predicted octanol–water partition coefficient (Wildman–Crippen LogP) is 3.16. The van der Waals surface area contributed by atoms with Crippen molar-refractivity contribution in [3.8, 4) is 5.75 Å². The summed E-state index contributed by atoms with van der Waals surface area (Å²) in [5.74, 6) is 0.729. The van der Waals surface area contributed by atoms with E-state index in [4.69, 9.17) is 4.74 Å². The number of pyridine rings is 1. The molecule has 0 unspecified atom stereocenters. The number of benzene rings is 1. The van der Waals surface area contributed by atoms with E-state index in [9.17, 15) is 4.91 Å². The van der Waals surface area contributed by atoms with Crippen molar-refractivity contribution in [1.82, 2.24) is 4.98 Å². The van der Waals surface area contributed by atoms with Gasteiger partial charge in [-0.15, -0.1) is 0 Å². The Labute approximate surface area is 99.6 Å². The van der Waals surface area contributed by atoms with Crippen molar-refractivity contribution >= 4 is 10.9 Å². The van der Waals surface area contributed by atoms with Crippen LogP contribution in [0.25, 0.3) is 10.9 Å². The maximum Gasteiger partial charge on any atom is 0.131 e. The van der Waals surface area contributed by atoms with Crippen LogP contribution in [0.4, 0.5) is 0 Å². The van der Waals surface area contributed by atoms with Crippen molar-refractivity contribution in [3.05, 3.63) is 41.4 Å². The normalized spacial score (nSPS) is 11.4. The summed E-state index contributed by atoms with van der Waals surface area (Å²) in [5.41, 5.74) is 0.159. The summed E-state index contributed by atoms with van der Waals surface area (Å²) < 4.78 is 5.64. The first kappa shape index (κ1) is 11.5. The summed E-state index contributed by atoms with van der Waals surface area (Å²) in [6.07, 6.45) is 1.69. The van der Waals surface area contributed by atoms with Gasteiger partial charge in [-0.1, -0.05) is 17.3 Å². The van der Waals surface area contributed by atoms with Crippen molar-refractivity contribution in [2.45, 2.75) is 19.4 Å². The minimum atomic E-state index is -0.718. The summed E-state index contributed by atoms with van der Waals surface area (Å²) in [6.45, 7) is 3.73. The maximum atomic E-state index is 10.6. The second kappa shape index (κ2) is 4.49. The highest BCUT2D eigenvalue weighted by Gasteiger charge is 2.19. The molecule has 0 fully saturated rings. The quantitative estimate of drug-likeness (QED) is 0.758. The van der Waals surface area contributed by atoms with Crippen molar-refractivity contribution in [2.75, 3.05) is 6.61 Å². The summed E-state index contributed by atoms with van der Waals surface area (Å²) >= 11 is 0. The van der Waals surface area contributed by atoms with Gasteiger partial charge in [0.05, 0.1) is 5.52 Å². The van der Waals surface area contributed by atoms with Crippen molar-refractivity contribution in [1.29, 1.82) is 0 Å². The first-order valence-corrected chi connectivity index (χ1v) is 5.43. The molecule has 4 heteroatoms. The Balaban J connectivity index is 2.27. The SMILES string of the molecule is CC(C)(COc1ccnc2ccccc12)N=O. The van der Waals surface area contributed by atoms with Gasteiger partial charge >= 0.3 is 0 Å². The minimum absolute atomic E-state index is 0.254. The minimum Gasteiger partial charge on any atom is -0.490 e. The zero-order valence-corrected chi connectivity index (χ0v) is 9.88. The first-order chi connectivity index (χ1) is 8.12. The molecule has 0 bridgehead atoms. The van der Waals surface area contributed by atoms with E-state index in [1.165, 1.54) is 0 Å². The lowest BCUT2D eigenvalue weighted by molar-refractivity contribution is 0.246. The second-order valence-corrected chi connectivity index (χ2v) is 4.52. The Kier molecular flexibility index (Phi) is 3.04. The third kappa shape index (κ3) is 2.58. The van der Waals surface area contributed by atoms with E-state index in [1.54, 1.807) is 26.1 Å². The van der Waals surface area contributed by atoms with E-state index in [0.717, 1.165) is 16.7 Å². The Bertz CT molecular complexity index is 532. The highest BCUT2D eigenvalue weighted by atomic mass is 16.5. The van der Waals surface area contributed by atoms with E-state index in [-0.39, 0.29) is 6.61 Å². The van der Waals surface area contributed by atoms with Gasteiger partial charge in [0.2, 0.25) is 0 Å². The number of para-hydroxylation sites is 1. The molecule has 1 aromatic carbocycles. The van der Waals surface area contributed by atoms with Crippen molar-refractivity contribution in [2.24, 2.45) is 5.18 Å². The lowest BCUT2D eigenvalue weighted by atomic mass is 10.1. The third-order valence-corrected chi connectivity index (χ3v) is 2.44. The molecule has 88 valence electrons. The molecule has 2 rings (SSSR count). The standard InChI is InChI=1S/C13H14N2O2/c1-13(2,15-16)9-17-12-7-8-14-11-6-4-3-5-10(11)12/h3-8H,9H2,1-2H3. The number of nitrogens with zero attached hydrogens (tertiary/aromatic N) is 2. The number of fused-ring (bicyclic) bond motifs is 1. The largest absolute Gasteiger partial charge is 0.490 e. The molecule has 2 aromatic rings. The fourth-order valence-electron chi connectivity index (χ4n) is 1.48. The molecule has 1 aromatic heterocycles. The van der Waals surface area contributed by atoms with Crippen molar-refractivity contribution in [3.63, 3.8) is 0 Å². The molecule has 0 spiro atoms. The molecular formula is C13H14N2O2. The van der Waals surface area contributed by atoms with Gasteiger partial charge in [-0.05, 0) is 32.0 Å². The molecule has 0 saturated heterocycles. The summed E-state index contributed by atoms with van der Waals surface area (Å²) in [6, 6.07) is 9.52. The monoisotopic (exact) mass is 230 g/mol. The van der Waals surface area contributed by atoms with Crippen LogP contribution in [0.15, 0.2) is 41.7 Å². The van der Waals surface area contributed by atoms with Gasteiger partial charge in [0.1, 0.15) is 17.9 Å². The molecule has 0 amide bonds. The second-order valence-electron chi connectivity index (χ2n) is 4.52. The molecule has 4 nitrogen and oxygen atoms in total. The third-order valence-electron chi connectivity index (χ3n) is 2.44. The number of nitroso groups, excluding NO2 is 1. The first-order valence-electron chi connectivity index (χ1n) is 5.43. The molecule has 17 heavy (non-hydrogen) atoms. The smallest absolute Gasteiger partial charge is 0.131 e. The van der Waals surface area contributed by atoms with Crippen LogP contribution in [0.1, 0.15) is 13.8 Å². The van der Waals surface area contributed by atoms with Crippen LogP contribution in [-0.2, 0) is 0 Å². The molecular weight excluding hydrogens is 216 g/mol. The van der Waals surface area contributed by atoms with Gasteiger partial charge in [0.25, 0.3) is 0 Å². The van der Waals surface area contributed by atoms with E-state index >= 15 is 0 Å². The van der Waals surface area contributed by atoms with Crippen LogP contribution in [0.3, 0.4) is 0 Å². The topological polar surface area (TPSA) is 51.6 Å². The molecule has 0 saturated carbocycles. The van der Waals surface area contributed by atoms with E-state index in [0.29, 0.717) is 0 Å². The van der Waals surface area contributed by atoms with Gasteiger partial charge in [-0.25, -0.2) is 0 Å². The van der Waals surface area contributed by atoms with E-state index in [2.05, 4.69) is 10.2 Å². The fraction of sp³-hybridized carbons (Fsp3) is 0.308. The van der Waals surface area contributed by atoms with Crippen LogP contribution >= 0.6 is 0 Å². The highest BCUT2D eigenvalue weighted by molar-refractivity contribution is 5.84. The number of hydrogen-bond donors (Lipinski definition) is 0. The van der Waals surface area contributed by atoms with Gasteiger partial charge in [0, 0.05) is 11.6 Å². The summed E-state index contributed by atoms with van der Waals surface area (Å²) in [7, 11) is 0. The van der Waals surface area contributed by atoms with Crippen LogP contribution < -0.4 is 4.74 Å². The molecule has 0 radical (unpaired) electrons. The average Bonchev–Trinajstić information content (AvgIpc) is 2.36. The molecule has 0 aliphatic rings. The number of rotatable bonds is 4. The average molecular weight is 230 g/mol. The number of aromatic nitrogens is 1. The lowest BCUT2D eigenvalue weighted by Gasteiger charge is -2.16. The predicted molar refractivity (Wildman–Crippen MR) is 67.1 cm³/mol. The van der Waals surface area contributed by atoms with Crippen molar-refractivity contribution < 1.29 is 4.74 Å². The Morgan fingerprint density at radius 1 is 1.29 bits per heavy atom. The van der Waals surface area contributed by atoms with E-state index in [1.807, 2.05) is 24.3 Å². The maximum absolute atomic E-state index is 10.6. The van der Waals surface area contributed by atoms with Crippen LogP contribution in [0.5, 0.6) is 5.75 Å². The Hall–Kier alpha value is -1.97. The molecule has 0 N–H and O–H groups in total. The molecule has 0 aliphatic heterocycles. The Morgan fingerprint density at radius 2 is 2.06 bits per heavy atom. The fourth-order valence-corrected chi connectivity index (χ4v) is 1.48.